The Labute approximate surface area is 139 Å². The lowest BCUT2D eigenvalue weighted by molar-refractivity contribution is 0.0955. The largest absolute Gasteiger partial charge is 0.506 e. The summed E-state index contributed by atoms with van der Waals surface area (Å²) in [5, 5.41) is 14.5. The van der Waals surface area contributed by atoms with Crippen LogP contribution in [0.15, 0.2) is 46.0 Å². The van der Waals surface area contributed by atoms with Gasteiger partial charge in [0.25, 0.3) is 5.91 Å². The standard InChI is InChI=1S/C14H9BrCl2N2O2/c15-12-6-11(17)5-9(13(12)20)7-18-19-14(21)8-2-1-3-10(16)4-8/h1-7,20H,(H,19,21). The molecule has 4 nitrogen and oxygen atoms in total. The smallest absolute Gasteiger partial charge is 0.271 e. The van der Waals surface area contributed by atoms with Gasteiger partial charge in [0.1, 0.15) is 5.75 Å². The van der Waals surface area contributed by atoms with Crippen molar-refractivity contribution in [2.75, 3.05) is 0 Å². The highest BCUT2D eigenvalue weighted by atomic mass is 79.9. The van der Waals surface area contributed by atoms with Crippen molar-refractivity contribution in [1.29, 1.82) is 0 Å². The average Bonchev–Trinajstić information content (AvgIpc) is 2.43. The quantitative estimate of drug-likeness (QED) is 0.611. The van der Waals surface area contributed by atoms with E-state index in [9.17, 15) is 9.90 Å². The predicted octanol–water partition coefficient (Wildman–Crippen LogP) is 4.23. The second-order valence-electron chi connectivity index (χ2n) is 4.03. The van der Waals surface area contributed by atoms with Gasteiger partial charge >= 0.3 is 0 Å². The molecular weight excluding hydrogens is 379 g/mol. The molecule has 1 amide bonds. The summed E-state index contributed by atoms with van der Waals surface area (Å²) in [7, 11) is 0. The maximum Gasteiger partial charge on any atom is 0.271 e. The van der Waals surface area contributed by atoms with Crippen LogP contribution in [0.25, 0.3) is 0 Å². The van der Waals surface area contributed by atoms with Gasteiger partial charge in [0.15, 0.2) is 0 Å². The number of benzene rings is 2. The van der Waals surface area contributed by atoms with E-state index in [1.54, 1.807) is 24.3 Å². The fraction of sp³-hybridized carbons (Fsp3) is 0. The molecule has 0 aliphatic rings. The summed E-state index contributed by atoms with van der Waals surface area (Å²) in [6, 6.07) is 9.56. The number of amides is 1. The first kappa shape index (κ1) is 15.8. The highest BCUT2D eigenvalue weighted by Crippen LogP contribution is 2.30. The van der Waals surface area contributed by atoms with Crippen molar-refractivity contribution < 1.29 is 9.90 Å². The molecule has 0 saturated carbocycles. The molecule has 0 radical (unpaired) electrons. The topological polar surface area (TPSA) is 61.7 Å². The van der Waals surface area contributed by atoms with Gasteiger partial charge in [-0.15, -0.1) is 0 Å². The lowest BCUT2D eigenvalue weighted by Crippen LogP contribution is -2.17. The summed E-state index contributed by atoms with van der Waals surface area (Å²) >= 11 is 14.8. The molecule has 0 aliphatic heterocycles. The minimum absolute atomic E-state index is 0.0137. The Balaban J connectivity index is 2.11. The van der Waals surface area contributed by atoms with E-state index in [1.165, 1.54) is 18.3 Å². The SMILES string of the molecule is O=C(NN=Cc1cc(Cl)cc(Br)c1O)c1cccc(Cl)c1. The van der Waals surface area contributed by atoms with E-state index in [0.717, 1.165) is 0 Å². The molecule has 0 aromatic heterocycles. The molecule has 21 heavy (non-hydrogen) atoms. The van der Waals surface area contributed by atoms with Gasteiger partial charge in [0.05, 0.1) is 10.7 Å². The molecule has 0 spiro atoms. The third kappa shape index (κ3) is 4.20. The fourth-order valence-corrected chi connectivity index (χ4v) is 2.56. The molecule has 2 aromatic carbocycles. The Morgan fingerprint density at radius 3 is 2.71 bits per heavy atom. The van der Waals surface area contributed by atoms with Crippen molar-refractivity contribution in [2.24, 2.45) is 5.10 Å². The van der Waals surface area contributed by atoms with Crippen LogP contribution in [-0.4, -0.2) is 17.2 Å². The molecule has 108 valence electrons. The zero-order valence-corrected chi connectivity index (χ0v) is 13.6. The minimum atomic E-state index is -0.408. The number of hydrogen-bond acceptors (Lipinski definition) is 3. The third-order valence-electron chi connectivity index (χ3n) is 2.51. The number of phenols is 1. The van der Waals surface area contributed by atoms with Crippen LogP contribution in [0.2, 0.25) is 10.0 Å². The molecule has 0 atom stereocenters. The number of carbonyl (C=O) groups is 1. The van der Waals surface area contributed by atoms with Gasteiger partial charge in [-0.2, -0.15) is 5.10 Å². The van der Waals surface area contributed by atoms with Crippen LogP contribution in [0.4, 0.5) is 0 Å². The van der Waals surface area contributed by atoms with Crippen molar-refractivity contribution in [3.63, 3.8) is 0 Å². The molecule has 0 bridgehead atoms. The van der Waals surface area contributed by atoms with E-state index in [-0.39, 0.29) is 5.75 Å². The first-order valence-corrected chi connectivity index (χ1v) is 7.29. The summed E-state index contributed by atoms with van der Waals surface area (Å²) in [4.78, 5) is 11.8. The number of halogens is 3. The summed E-state index contributed by atoms with van der Waals surface area (Å²) in [5.74, 6) is -0.422. The van der Waals surface area contributed by atoms with Crippen LogP contribution < -0.4 is 5.43 Å². The van der Waals surface area contributed by atoms with Crippen LogP contribution in [0.5, 0.6) is 5.75 Å². The van der Waals surface area contributed by atoms with Crippen LogP contribution in [0.3, 0.4) is 0 Å². The number of phenolic OH excluding ortho intramolecular Hbond substituents is 1. The van der Waals surface area contributed by atoms with E-state index < -0.39 is 5.91 Å². The molecule has 2 rings (SSSR count). The Morgan fingerprint density at radius 1 is 1.24 bits per heavy atom. The maximum atomic E-state index is 11.8. The molecule has 0 unspecified atom stereocenters. The number of nitrogens with one attached hydrogen (secondary N) is 1. The fourth-order valence-electron chi connectivity index (χ4n) is 1.54. The van der Waals surface area contributed by atoms with Crippen LogP contribution in [0.1, 0.15) is 15.9 Å². The molecule has 0 saturated heterocycles. The number of nitrogens with zero attached hydrogens (tertiary/aromatic N) is 1. The zero-order chi connectivity index (χ0) is 15.4. The van der Waals surface area contributed by atoms with Crippen molar-refractivity contribution in [3.8, 4) is 5.75 Å². The third-order valence-corrected chi connectivity index (χ3v) is 3.57. The lowest BCUT2D eigenvalue weighted by atomic mass is 10.2. The normalized spacial score (nSPS) is 10.8. The second-order valence-corrected chi connectivity index (χ2v) is 5.76. The van der Waals surface area contributed by atoms with Gasteiger partial charge in [-0.1, -0.05) is 29.3 Å². The van der Waals surface area contributed by atoms with Gasteiger partial charge in [-0.25, -0.2) is 5.43 Å². The molecule has 2 aromatic rings. The van der Waals surface area contributed by atoms with Gasteiger partial charge in [-0.3, -0.25) is 4.79 Å². The monoisotopic (exact) mass is 386 g/mol. The molecule has 2 N–H and O–H groups in total. The van der Waals surface area contributed by atoms with Crippen molar-refractivity contribution in [2.45, 2.75) is 0 Å². The Bertz CT molecular complexity index is 720. The summed E-state index contributed by atoms with van der Waals surface area (Å²) in [5.41, 5.74) is 3.10. The molecule has 0 heterocycles. The molecule has 7 heteroatoms. The summed E-state index contributed by atoms with van der Waals surface area (Å²) in [6.45, 7) is 0. The molecular formula is C14H9BrCl2N2O2. The van der Waals surface area contributed by atoms with E-state index in [4.69, 9.17) is 23.2 Å². The van der Waals surface area contributed by atoms with Gasteiger partial charge in [0.2, 0.25) is 0 Å². The summed E-state index contributed by atoms with van der Waals surface area (Å²) in [6.07, 6.45) is 1.30. The van der Waals surface area contributed by atoms with E-state index in [1.807, 2.05) is 0 Å². The van der Waals surface area contributed by atoms with Gasteiger partial charge in [-0.05, 0) is 46.3 Å². The van der Waals surface area contributed by atoms with Crippen LogP contribution in [-0.2, 0) is 0 Å². The van der Waals surface area contributed by atoms with Crippen molar-refractivity contribution in [3.05, 3.63) is 62.0 Å². The number of hydrogen-bond donors (Lipinski definition) is 2. The Morgan fingerprint density at radius 2 is 2.00 bits per heavy atom. The zero-order valence-electron chi connectivity index (χ0n) is 10.5. The van der Waals surface area contributed by atoms with E-state index >= 15 is 0 Å². The Hall–Kier alpha value is -1.56. The minimum Gasteiger partial charge on any atom is -0.506 e. The Kier molecular flexibility index (Phi) is 5.22. The molecule has 0 aliphatic carbocycles. The average molecular weight is 388 g/mol. The highest BCUT2D eigenvalue weighted by Gasteiger charge is 2.07. The van der Waals surface area contributed by atoms with Crippen molar-refractivity contribution >= 4 is 51.3 Å². The number of hydrazone groups is 1. The number of rotatable bonds is 3. The number of aromatic hydroxyl groups is 1. The van der Waals surface area contributed by atoms with Crippen LogP contribution >= 0.6 is 39.1 Å². The maximum absolute atomic E-state index is 11.8. The van der Waals surface area contributed by atoms with Crippen molar-refractivity contribution in [1.82, 2.24) is 5.43 Å². The van der Waals surface area contributed by atoms with E-state index in [2.05, 4.69) is 26.5 Å². The predicted molar refractivity (Wildman–Crippen MR) is 87.3 cm³/mol. The first-order valence-electron chi connectivity index (χ1n) is 5.74. The highest BCUT2D eigenvalue weighted by molar-refractivity contribution is 9.10. The number of carbonyl (C=O) groups excluding carboxylic acids is 1. The van der Waals surface area contributed by atoms with Gasteiger partial charge in [0, 0.05) is 21.2 Å². The first-order chi connectivity index (χ1) is 9.97. The molecule has 0 fully saturated rings. The van der Waals surface area contributed by atoms with E-state index in [0.29, 0.717) is 25.6 Å². The second kappa shape index (κ2) is 6.93. The van der Waals surface area contributed by atoms with Crippen LogP contribution in [0, 0.1) is 0 Å². The van der Waals surface area contributed by atoms with Gasteiger partial charge < -0.3 is 5.11 Å². The summed E-state index contributed by atoms with van der Waals surface area (Å²) < 4.78 is 0.442. The lowest BCUT2D eigenvalue weighted by Gasteiger charge is -2.03.